The van der Waals surface area contributed by atoms with Crippen LogP contribution in [0.25, 0.3) is 11.8 Å². The Kier molecular flexibility index (Phi) is 6.04. The number of aliphatic imine (C=N–C) groups is 1. The summed E-state index contributed by atoms with van der Waals surface area (Å²) in [7, 11) is 0. The maximum absolute atomic E-state index is 14.0. The fraction of sp³-hybridized carbons (Fsp3) is 0.219. The van der Waals surface area contributed by atoms with Gasteiger partial charge >= 0.3 is 0 Å². The van der Waals surface area contributed by atoms with Crippen molar-refractivity contribution in [2.75, 3.05) is 13.2 Å². The Bertz CT molecular complexity index is 1570. The highest BCUT2D eigenvalue weighted by Crippen LogP contribution is 2.52. The lowest BCUT2D eigenvalue weighted by atomic mass is 9.78. The van der Waals surface area contributed by atoms with Gasteiger partial charge in [-0.2, -0.15) is 0 Å². The van der Waals surface area contributed by atoms with Crippen molar-refractivity contribution in [1.29, 1.82) is 0 Å². The molecule has 0 N–H and O–H groups in total. The summed E-state index contributed by atoms with van der Waals surface area (Å²) in [5.41, 5.74) is 7.34. The maximum Gasteiger partial charge on any atom is 0.174 e. The lowest BCUT2D eigenvalue weighted by molar-refractivity contribution is 0.171. The quantitative estimate of drug-likeness (QED) is 0.338. The molecule has 0 aromatic heterocycles. The molecule has 0 fully saturated rings. The Morgan fingerprint density at radius 1 is 0.897 bits per heavy atom. The van der Waals surface area contributed by atoms with Gasteiger partial charge in [-0.3, -0.25) is 0 Å². The first-order valence-electron chi connectivity index (χ1n) is 13.1. The summed E-state index contributed by atoms with van der Waals surface area (Å²) in [5, 5.41) is 3.01. The molecule has 7 rings (SSSR count). The van der Waals surface area contributed by atoms with Gasteiger partial charge in [0, 0.05) is 11.0 Å². The van der Waals surface area contributed by atoms with E-state index < -0.39 is 0 Å². The lowest BCUT2D eigenvalue weighted by Crippen LogP contribution is -2.35. The number of benzene rings is 3. The largest absolute Gasteiger partial charge is 0.486 e. The Balaban J connectivity index is 1.36. The topological polar surface area (TPSA) is 34.1 Å². The number of fused-ring (bicyclic) bond motifs is 2. The van der Waals surface area contributed by atoms with Crippen LogP contribution in [0.3, 0.4) is 0 Å². The van der Waals surface area contributed by atoms with E-state index >= 15 is 0 Å². The van der Waals surface area contributed by atoms with Crippen LogP contribution in [-0.2, 0) is 0 Å². The van der Waals surface area contributed by atoms with Gasteiger partial charge < -0.3 is 14.4 Å². The smallest absolute Gasteiger partial charge is 0.174 e. The number of hydrogen-bond acceptors (Lipinski definition) is 5. The molecule has 4 nitrogen and oxygen atoms in total. The van der Waals surface area contributed by atoms with Crippen LogP contribution in [-0.4, -0.2) is 23.3 Å². The normalized spacial score (nSPS) is 22.8. The number of allylic oxidation sites excluding steroid dienone is 1. The Morgan fingerprint density at radius 2 is 1.62 bits per heavy atom. The number of ether oxygens (including phenoxy) is 2. The Labute approximate surface area is 230 Å². The van der Waals surface area contributed by atoms with Crippen LogP contribution in [0.1, 0.15) is 42.5 Å². The van der Waals surface area contributed by atoms with Crippen LogP contribution in [0, 0.1) is 17.6 Å². The second kappa shape index (κ2) is 9.72. The number of thioether (sulfide) groups is 1. The third kappa shape index (κ3) is 4.44. The molecule has 1 aliphatic carbocycles. The highest BCUT2D eigenvalue weighted by molar-refractivity contribution is 8.16. The first-order valence-corrected chi connectivity index (χ1v) is 14.0. The first-order chi connectivity index (χ1) is 19.0. The third-order valence-corrected chi connectivity index (χ3v) is 8.36. The Hall–Kier alpha value is -3.84. The average molecular weight is 541 g/mol. The van der Waals surface area contributed by atoms with Gasteiger partial charge in [-0.15, -0.1) is 0 Å². The van der Waals surface area contributed by atoms with Crippen LogP contribution < -0.4 is 9.47 Å². The van der Waals surface area contributed by atoms with E-state index in [0.717, 1.165) is 63.2 Å². The molecule has 0 spiro atoms. The number of rotatable bonds is 3. The summed E-state index contributed by atoms with van der Waals surface area (Å²) in [6.07, 6.45) is 3.89. The van der Waals surface area contributed by atoms with Crippen molar-refractivity contribution < 1.29 is 18.3 Å². The zero-order valence-corrected chi connectivity index (χ0v) is 22.2. The van der Waals surface area contributed by atoms with Gasteiger partial charge in [-0.25, -0.2) is 13.8 Å². The molecule has 0 bridgehead atoms. The summed E-state index contributed by atoms with van der Waals surface area (Å²) >= 11 is 1.59. The molecule has 3 heterocycles. The molecule has 2 unspecified atom stereocenters. The molecule has 196 valence electrons. The predicted octanol–water partition coefficient (Wildman–Crippen LogP) is 7.96. The van der Waals surface area contributed by atoms with Gasteiger partial charge in [-0.05, 0) is 89.6 Å². The van der Waals surface area contributed by atoms with Crippen LogP contribution in [0.4, 0.5) is 8.78 Å². The molecule has 3 aromatic rings. The fourth-order valence-electron chi connectivity index (χ4n) is 5.81. The Morgan fingerprint density at radius 3 is 2.38 bits per heavy atom. The van der Waals surface area contributed by atoms with E-state index in [1.165, 1.54) is 29.8 Å². The SMILES string of the molecule is CC1CC(=Cc2ccc(F)cc2)C2=C(C1)C(c1ccc(F)cc1)N1C(c3ccc4c(c3)OCCO4)=CSC1=N2. The minimum absolute atomic E-state index is 0.137. The van der Waals surface area contributed by atoms with Crippen LogP contribution in [0.2, 0.25) is 0 Å². The highest BCUT2D eigenvalue weighted by Gasteiger charge is 2.41. The molecule has 3 aliphatic heterocycles. The summed E-state index contributed by atoms with van der Waals surface area (Å²) in [6.45, 7) is 3.32. The number of hydrogen-bond donors (Lipinski definition) is 0. The minimum Gasteiger partial charge on any atom is -0.486 e. The van der Waals surface area contributed by atoms with E-state index in [4.69, 9.17) is 14.5 Å². The van der Waals surface area contributed by atoms with Gasteiger partial charge in [-0.1, -0.05) is 43.0 Å². The van der Waals surface area contributed by atoms with Crippen LogP contribution in [0.15, 0.2) is 94.0 Å². The van der Waals surface area contributed by atoms with Gasteiger partial charge in [0.05, 0.1) is 17.4 Å². The third-order valence-electron chi connectivity index (χ3n) is 7.52. The van der Waals surface area contributed by atoms with Crippen molar-refractivity contribution in [2.24, 2.45) is 10.9 Å². The fourth-order valence-corrected chi connectivity index (χ4v) is 6.73. The van der Waals surface area contributed by atoms with Crippen molar-refractivity contribution in [3.8, 4) is 11.5 Å². The summed E-state index contributed by atoms with van der Waals surface area (Å²) in [6, 6.07) is 19.3. The van der Waals surface area contributed by atoms with Crippen molar-refractivity contribution in [1.82, 2.24) is 4.90 Å². The lowest BCUT2D eigenvalue weighted by Gasteiger charge is -2.41. The molecule has 0 radical (unpaired) electrons. The predicted molar refractivity (Wildman–Crippen MR) is 151 cm³/mol. The van der Waals surface area contributed by atoms with Crippen molar-refractivity contribution in [2.45, 2.75) is 25.8 Å². The van der Waals surface area contributed by atoms with E-state index in [2.05, 4.69) is 29.4 Å². The van der Waals surface area contributed by atoms with E-state index in [0.29, 0.717) is 19.1 Å². The number of halogens is 2. The zero-order chi connectivity index (χ0) is 26.5. The summed E-state index contributed by atoms with van der Waals surface area (Å²) < 4.78 is 39.2. The van der Waals surface area contributed by atoms with E-state index in [1.54, 1.807) is 23.9 Å². The van der Waals surface area contributed by atoms with Crippen LogP contribution in [0.5, 0.6) is 11.5 Å². The number of amidine groups is 1. The van der Waals surface area contributed by atoms with Crippen molar-refractivity contribution in [3.63, 3.8) is 0 Å². The monoisotopic (exact) mass is 540 g/mol. The standard InChI is InChI=1S/C32H26F2N2O2S/c1-19-14-23(16-20-2-7-24(33)8-3-20)30-26(15-19)31(21-4-9-25(34)10-5-21)36-27(18-39-32(36)35-30)22-6-11-28-29(17-22)38-13-12-37-28/h2-11,16-19,31H,12-15H2,1H3. The molecule has 4 aliphatic rings. The van der Waals surface area contributed by atoms with Gasteiger partial charge in [0.25, 0.3) is 0 Å². The average Bonchev–Trinajstić information content (AvgIpc) is 3.37. The van der Waals surface area contributed by atoms with Crippen molar-refractivity contribution in [3.05, 3.63) is 117 Å². The molecular formula is C32H26F2N2O2S. The summed E-state index contributed by atoms with van der Waals surface area (Å²) in [5.74, 6) is 1.37. The molecule has 3 aromatic carbocycles. The molecule has 2 atom stereocenters. The number of nitrogens with zero attached hydrogens (tertiary/aromatic N) is 2. The molecular weight excluding hydrogens is 514 g/mol. The molecule has 0 saturated heterocycles. The second-order valence-corrected chi connectivity index (χ2v) is 11.1. The zero-order valence-electron chi connectivity index (χ0n) is 21.4. The second-order valence-electron chi connectivity index (χ2n) is 10.3. The maximum atomic E-state index is 14.0. The summed E-state index contributed by atoms with van der Waals surface area (Å²) in [4.78, 5) is 7.49. The van der Waals surface area contributed by atoms with Crippen molar-refractivity contribution >= 4 is 28.7 Å². The van der Waals surface area contributed by atoms with E-state index in [1.807, 2.05) is 24.3 Å². The highest BCUT2D eigenvalue weighted by atomic mass is 32.2. The molecule has 7 heteroatoms. The molecule has 0 amide bonds. The van der Waals surface area contributed by atoms with E-state index in [9.17, 15) is 8.78 Å². The van der Waals surface area contributed by atoms with Gasteiger partial charge in [0.2, 0.25) is 0 Å². The van der Waals surface area contributed by atoms with E-state index in [-0.39, 0.29) is 17.7 Å². The first kappa shape index (κ1) is 24.2. The minimum atomic E-state index is -0.259. The molecule has 0 saturated carbocycles. The van der Waals surface area contributed by atoms with Crippen LogP contribution >= 0.6 is 11.8 Å². The molecule has 39 heavy (non-hydrogen) atoms. The van der Waals surface area contributed by atoms with Gasteiger partial charge in [0.1, 0.15) is 24.8 Å². The van der Waals surface area contributed by atoms with Gasteiger partial charge in [0.15, 0.2) is 16.7 Å².